The number of methoxy groups -OCH3 is 2. The van der Waals surface area contributed by atoms with Crippen LogP contribution < -0.4 is 14.8 Å². The SMILES string of the molecule is COc1ccc(-c2noc(CN3CCC[C@@H](C(=O)NCCCN4CCCCC4)C3)n2)cc1OC. The van der Waals surface area contributed by atoms with Gasteiger partial charge in [-0.05, 0) is 76.5 Å². The second-order valence-corrected chi connectivity index (χ2v) is 9.20. The number of piperidine rings is 2. The van der Waals surface area contributed by atoms with Crippen LogP contribution in [0.4, 0.5) is 0 Å². The van der Waals surface area contributed by atoms with E-state index in [-0.39, 0.29) is 11.8 Å². The third-order valence-electron chi connectivity index (χ3n) is 6.74. The first kappa shape index (κ1) is 24.5. The number of hydrogen-bond acceptors (Lipinski definition) is 8. The molecule has 2 aliphatic heterocycles. The molecule has 2 fully saturated rings. The van der Waals surface area contributed by atoms with Gasteiger partial charge in [-0.15, -0.1) is 0 Å². The number of hydrogen-bond donors (Lipinski definition) is 1. The molecule has 9 heteroatoms. The maximum Gasteiger partial charge on any atom is 0.241 e. The van der Waals surface area contributed by atoms with E-state index in [0.717, 1.165) is 44.5 Å². The number of rotatable bonds is 10. The second-order valence-electron chi connectivity index (χ2n) is 9.20. The van der Waals surface area contributed by atoms with Gasteiger partial charge in [0.25, 0.3) is 0 Å². The number of ether oxygens (including phenoxy) is 2. The molecule has 0 bridgehead atoms. The number of amides is 1. The second kappa shape index (κ2) is 12.2. The first-order valence-electron chi connectivity index (χ1n) is 12.4. The van der Waals surface area contributed by atoms with Gasteiger partial charge in [-0.3, -0.25) is 9.69 Å². The van der Waals surface area contributed by atoms with Gasteiger partial charge in [0, 0.05) is 18.7 Å². The predicted molar refractivity (Wildman–Crippen MR) is 129 cm³/mol. The van der Waals surface area contributed by atoms with Crippen LogP contribution in [0.2, 0.25) is 0 Å². The van der Waals surface area contributed by atoms with Crippen LogP contribution in [0.3, 0.4) is 0 Å². The Labute approximate surface area is 201 Å². The minimum absolute atomic E-state index is 0.0111. The number of carbonyl (C=O) groups is 1. The molecule has 1 atom stereocenters. The molecule has 186 valence electrons. The van der Waals surface area contributed by atoms with Crippen molar-refractivity contribution in [1.82, 2.24) is 25.3 Å². The van der Waals surface area contributed by atoms with E-state index in [2.05, 4.69) is 25.3 Å². The van der Waals surface area contributed by atoms with Gasteiger partial charge in [0.05, 0.1) is 26.7 Å². The van der Waals surface area contributed by atoms with E-state index in [9.17, 15) is 4.79 Å². The Morgan fingerprint density at radius 1 is 1.09 bits per heavy atom. The molecular formula is C25H37N5O4. The lowest BCUT2D eigenvalue weighted by atomic mass is 9.97. The highest BCUT2D eigenvalue weighted by molar-refractivity contribution is 5.78. The summed E-state index contributed by atoms with van der Waals surface area (Å²) in [5, 5.41) is 7.29. The third kappa shape index (κ3) is 6.48. The normalized spacial score (nSPS) is 19.6. The Bertz CT molecular complexity index is 928. The van der Waals surface area contributed by atoms with Gasteiger partial charge in [-0.1, -0.05) is 11.6 Å². The van der Waals surface area contributed by atoms with Gasteiger partial charge >= 0.3 is 0 Å². The minimum Gasteiger partial charge on any atom is -0.493 e. The third-order valence-corrected chi connectivity index (χ3v) is 6.74. The smallest absolute Gasteiger partial charge is 0.241 e. The van der Waals surface area contributed by atoms with Crippen LogP contribution in [0.25, 0.3) is 11.4 Å². The maximum absolute atomic E-state index is 12.7. The van der Waals surface area contributed by atoms with Gasteiger partial charge in [0.15, 0.2) is 11.5 Å². The van der Waals surface area contributed by atoms with Crippen molar-refractivity contribution in [2.24, 2.45) is 5.92 Å². The number of carbonyl (C=O) groups excluding carboxylic acids is 1. The van der Waals surface area contributed by atoms with Crippen LogP contribution in [0, 0.1) is 5.92 Å². The standard InChI is InChI=1S/C25H37N5O4/c1-32-21-10-9-19(16-22(21)33-2)24-27-23(34-28-24)18-30-14-6-8-20(17-30)25(31)26-11-7-15-29-12-4-3-5-13-29/h9-10,16,20H,3-8,11-15,17-18H2,1-2H3,(H,26,31)/t20-/m1/s1. The van der Waals surface area contributed by atoms with Gasteiger partial charge in [-0.25, -0.2) is 0 Å². The van der Waals surface area contributed by atoms with Crippen molar-refractivity contribution in [1.29, 1.82) is 0 Å². The molecule has 0 aliphatic carbocycles. The summed E-state index contributed by atoms with van der Waals surface area (Å²) in [6, 6.07) is 5.53. The van der Waals surface area contributed by atoms with E-state index in [1.807, 2.05) is 18.2 Å². The summed E-state index contributed by atoms with van der Waals surface area (Å²) in [7, 11) is 3.20. The zero-order valence-corrected chi connectivity index (χ0v) is 20.4. The molecule has 4 rings (SSSR count). The molecule has 9 nitrogen and oxygen atoms in total. The van der Waals surface area contributed by atoms with Crippen LogP contribution in [-0.2, 0) is 11.3 Å². The molecule has 1 aromatic carbocycles. The molecule has 0 radical (unpaired) electrons. The largest absolute Gasteiger partial charge is 0.493 e. The van der Waals surface area contributed by atoms with Crippen molar-refractivity contribution in [2.45, 2.75) is 45.1 Å². The highest BCUT2D eigenvalue weighted by Crippen LogP contribution is 2.31. The minimum atomic E-state index is 0.0111. The fourth-order valence-electron chi connectivity index (χ4n) is 4.86. The highest BCUT2D eigenvalue weighted by atomic mass is 16.5. The molecule has 2 saturated heterocycles. The topological polar surface area (TPSA) is 93.0 Å². The molecule has 3 heterocycles. The van der Waals surface area contributed by atoms with E-state index in [0.29, 0.717) is 36.3 Å². The summed E-state index contributed by atoms with van der Waals surface area (Å²) < 4.78 is 16.2. The molecule has 1 aromatic heterocycles. The molecular weight excluding hydrogens is 434 g/mol. The molecule has 34 heavy (non-hydrogen) atoms. The quantitative estimate of drug-likeness (QED) is 0.529. The van der Waals surface area contributed by atoms with Crippen molar-refractivity contribution in [2.75, 3.05) is 53.5 Å². The first-order valence-corrected chi connectivity index (χ1v) is 12.4. The van der Waals surface area contributed by atoms with Crippen molar-refractivity contribution in [3.63, 3.8) is 0 Å². The van der Waals surface area contributed by atoms with E-state index >= 15 is 0 Å². The molecule has 2 aromatic rings. The monoisotopic (exact) mass is 471 g/mol. The van der Waals surface area contributed by atoms with Crippen molar-refractivity contribution < 1.29 is 18.8 Å². The van der Waals surface area contributed by atoms with Crippen molar-refractivity contribution in [3.8, 4) is 22.9 Å². The summed E-state index contributed by atoms with van der Waals surface area (Å²) in [4.78, 5) is 22.0. The van der Waals surface area contributed by atoms with Crippen LogP contribution >= 0.6 is 0 Å². The number of likely N-dealkylation sites (tertiary alicyclic amines) is 2. The Kier molecular flexibility index (Phi) is 8.76. The van der Waals surface area contributed by atoms with Crippen LogP contribution in [-0.4, -0.2) is 79.3 Å². The highest BCUT2D eigenvalue weighted by Gasteiger charge is 2.27. The van der Waals surface area contributed by atoms with Gasteiger partial charge < -0.3 is 24.2 Å². The Hall–Kier alpha value is -2.65. The molecule has 0 unspecified atom stereocenters. The fourth-order valence-corrected chi connectivity index (χ4v) is 4.86. The number of benzene rings is 1. The summed E-state index contributed by atoms with van der Waals surface area (Å²) in [5.74, 6) is 2.51. The average molecular weight is 472 g/mol. The number of nitrogens with one attached hydrogen (secondary N) is 1. The summed E-state index contributed by atoms with van der Waals surface area (Å²) >= 11 is 0. The zero-order valence-electron chi connectivity index (χ0n) is 20.4. The molecule has 1 N–H and O–H groups in total. The van der Waals surface area contributed by atoms with E-state index in [1.54, 1.807) is 14.2 Å². The van der Waals surface area contributed by atoms with E-state index < -0.39 is 0 Å². The van der Waals surface area contributed by atoms with Gasteiger partial charge in [-0.2, -0.15) is 4.98 Å². The summed E-state index contributed by atoms with van der Waals surface area (Å²) in [6.07, 6.45) is 6.90. The average Bonchev–Trinajstić information content (AvgIpc) is 3.35. The Morgan fingerprint density at radius 3 is 2.68 bits per heavy atom. The molecule has 0 saturated carbocycles. The molecule has 2 aliphatic rings. The lowest BCUT2D eigenvalue weighted by Gasteiger charge is -2.31. The first-order chi connectivity index (χ1) is 16.7. The van der Waals surface area contributed by atoms with Gasteiger partial charge in [0.1, 0.15) is 0 Å². The molecule has 1 amide bonds. The molecule has 0 spiro atoms. The van der Waals surface area contributed by atoms with Crippen molar-refractivity contribution >= 4 is 5.91 Å². The van der Waals surface area contributed by atoms with Crippen LogP contribution in [0.1, 0.15) is 44.4 Å². The van der Waals surface area contributed by atoms with Crippen LogP contribution in [0.15, 0.2) is 22.7 Å². The Balaban J connectivity index is 1.24. The van der Waals surface area contributed by atoms with Crippen molar-refractivity contribution in [3.05, 3.63) is 24.1 Å². The summed E-state index contributed by atoms with van der Waals surface area (Å²) in [6.45, 7) is 6.42. The lowest BCUT2D eigenvalue weighted by molar-refractivity contribution is -0.126. The lowest BCUT2D eigenvalue weighted by Crippen LogP contribution is -2.43. The van der Waals surface area contributed by atoms with Gasteiger partial charge in [0.2, 0.25) is 17.6 Å². The predicted octanol–water partition coefficient (Wildman–Crippen LogP) is 2.96. The maximum atomic E-state index is 12.7. The van der Waals surface area contributed by atoms with E-state index in [1.165, 1.54) is 32.4 Å². The Morgan fingerprint density at radius 2 is 1.88 bits per heavy atom. The fraction of sp³-hybridized carbons (Fsp3) is 0.640. The zero-order chi connectivity index (χ0) is 23.8. The summed E-state index contributed by atoms with van der Waals surface area (Å²) in [5.41, 5.74) is 0.799. The van der Waals surface area contributed by atoms with Crippen LogP contribution in [0.5, 0.6) is 11.5 Å². The number of aromatic nitrogens is 2. The van der Waals surface area contributed by atoms with E-state index in [4.69, 9.17) is 14.0 Å². The number of nitrogens with zero attached hydrogens (tertiary/aromatic N) is 4.